The lowest BCUT2D eigenvalue weighted by Gasteiger charge is -2.33. The summed E-state index contributed by atoms with van der Waals surface area (Å²) < 4.78 is 5.16. The van der Waals surface area contributed by atoms with Crippen LogP contribution in [0.15, 0.2) is 34.2 Å². The number of anilines is 1. The van der Waals surface area contributed by atoms with Gasteiger partial charge in [-0.05, 0) is 38.0 Å². The van der Waals surface area contributed by atoms with Gasteiger partial charge in [-0.3, -0.25) is 14.6 Å². The van der Waals surface area contributed by atoms with Crippen LogP contribution in [0.3, 0.4) is 0 Å². The summed E-state index contributed by atoms with van der Waals surface area (Å²) in [6.45, 7) is 11.6. The van der Waals surface area contributed by atoms with Crippen LogP contribution in [-0.4, -0.2) is 52.0 Å². The van der Waals surface area contributed by atoms with E-state index in [4.69, 9.17) is 9.51 Å². The maximum absolute atomic E-state index is 12.5. The molecule has 0 atom stereocenters. The molecule has 7 nitrogen and oxygen atoms in total. The van der Waals surface area contributed by atoms with E-state index >= 15 is 0 Å². The Bertz CT molecular complexity index is 1040. The van der Waals surface area contributed by atoms with E-state index < -0.39 is 0 Å². The van der Waals surface area contributed by atoms with Crippen molar-refractivity contribution in [1.82, 2.24) is 19.9 Å². The number of hydrogen-bond acceptors (Lipinski definition) is 7. The molecule has 1 aliphatic rings. The van der Waals surface area contributed by atoms with Crippen molar-refractivity contribution in [3.8, 4) is 0 Å². The molecule has 1 saturated heterocycles. The van der Waals surface area contributed by atoms with Gasteiger partial charge >= 0.3 is 0 Å². The zero-order valence-electron chi connectivity index (χ0n) is 18.4. The van der Waals surface area contributed by atoms with Gasteiger partial charge in [-0.1, -0.05) is 17.3 Å². The Morgan fingerprint density at radius 1 is 1.06 bits per heavy atom. The van der Waals surface area contributed by atoms with Gasteiger partial charge in [0, 0.05) is 56.4 Å². The number of hydrogen-bond donors (Lipinski definition) is 1. The molecule has 0 bridgehead atoms. The minimum Gasteiger partial charge on any atom is -0.361 e. The maximum Gasteiger partial charge on any atom is 0.231 e. The molecule has 1 N–H and O–H groups in total. The predicted octanol–water partition coefficient (Wildman–Crippen LogP) is 3.56. The summed E-state index contributed by atoms with van der Waals surface area (Å²) in [6, 6.07) is 8.08. The van der Waals surface area contributed by atoms with Crippen molar-refractivity contribution in [3.05, 3.63) is 62.9 Å². The lowest BCUT2D eigenvalue weighted by atomic mass is 10.1. The van der Waals surface area contributed by atoms with Gasteiger partial charge in [-0.2, -0.15) is 0 Å². The Morgan fingerprint density at radius 3 is 2.45 bits per heavy atom. The van der Waals surface area contributed by atoms with E-state index in [0.717, 1.165) is 78.2 Å². The average molecular weight is 440 g/mol. The molecular formula is C23H29N5O2S. The second-order valence-corrected chi connectivity index (χ2v) is 9.20. The van der Waals surface area contributed by atoms with Crippen LogP contribution in [0.1, 0.15) is 33.3 Å². The van der Waals surface area contributed by atoms with E-state index in [1.807, 2.05) is 45.0 Å². The molecule has 1 fully saturated rings. The molecule has 0 spiro atoms. The smallest absolute Gasteiger partial charge is 0.231 e. The zero-order valence-corrected chi connectivity index (χ0v) is 19.2. The Morgan fingerprint density at radius 2 is 1.77 bits per heavy atom. The summed E-state index contributed by atoms with van der Waals surface area (Å²) in [6.07, 6.45) is 0.308. The number of nitrogens with one attached hydrogen (secondary N) is 1. The highest BCUT2D eigenvalue weighted by molar-refractivity contribution is 7.09. The molecule has 1 aliphatic heterocycles. The molecule has 3 aromatic rings. The van der Waals surface area contributed by atoms with Gasteiger partial charge in [0.05, 0.1) is 17.8 Å². The fourth-order valence-electron chi connectivity index (χ4n) is 3.76. The Labute approximate surface area is 187 Å². The summed E-state index contributed by atoms with van der Waals surface area (Å²) >= 11 is 1.56. The fraction of sp³-hybridized carbons (Fsp3) is 0.435. The van der Waals surface area contributed by atoms with E-state index in [9.17, 15) is 4.79 Å². The topological polar surface area (TPSA) is 74.5 Å². The fourth-order valence-corrected chi connectivity index (χ4v) is 4.54. The number of amides is 1. The number of rotatable bonds is 7. The first-order valence-corrected chi connectivity index (χ1v) is 11.5. The number of piperazine rings is 1. The van der Waals surface area contributed by atoms with Crippen LogP contribution in [0, 0.1) is 20.8 Å². The van der Waals surface area contributed by atoms with Crippen LogP contribution >= 0.6 is 11.3 Å². The normalized spacial score (nSPS) is 15.3. The van der Waals surface area contributed by atoms with Crippen LogP contribution in [-0.2, 0) is 24.3 Å². The number of thiazole rings is 1. The highest BCUT2D eigenvalue weighted by Gasteiger charge is 2.19. The van der Waals surface area contributed by atoms with Gasteiger partial charge in [0.15, 0.2) is 0 Å². The van der Waals surface area contributed by atoms with E-state index in [1.165, 1.54) is 0 Å². The maximum atomic E-state index is 12.5. The lowest BCUT2D eigenvalue weighted by molar-refractivity contribution is -0.115. The first-order valence-electron chi connectivity index (χ1n) is 10.6. The molecule has 0 saturated carbocycles. The van der Waals surface area contributed by atoms with Gasteiger partial charge in [-0.15, -0.1) is 11.3 Å². The SMILES string of the molecule is Cc1ccc(C)c(NC(=O)Cc2nc(CN3CCN(Cc4cc(C)on4)CC3)cs2)c1. The van der Waals surface area contributed by atoms with Crippen LogP contribution in [0.2, 0.25) is 0 Å². The molecule has 8 heteroatoms. The van der Waals surface area contributed by atoms with Crippen LogP contribution < -0.4 is 5.32 Å². The van der Waals surface area contributed by atoms with Crippen molar-refractivity contribution in [2.24, 2.45) is 0 Å². The molecule has 0 aliphatic carbocycles. The second-order valence-electron chi connectivity index (χ2n) is 8.26. The predicted molar refractivity (Wildman–Crippen MR) is 122 cm³/mol. The number of aromatic nitrogens is 2. The molecule has 3 heterocycles. The lowest BCUT2D eigenvalue weighted by Crippen LogP contribution is -2.45. The number of benzene rings is 1. The van der Waals surface area contributed by atoms with Crippen molar-refractivity contribution >= 4 is 22.9 Å². The van der Waals surface area contributed by atoms with Crippen molar-refractivity contribution in [2.75, 3.05) is 31.5 Å². The van der Waals surface area contributed by atoms with E-state index in [-0.39, 0.29) is 5.91 Å². The highest BCUT2D eigenvalue weighted by atomic mass is 32.1. The summed E-state index contributed by atoms with van der Waals surface area (Å²) in [5, 5.41) is 10.0. The van der Waals surface area contributed by atoms with Gasteiger partial charge in [0.1, 0.15) is 10.8 Å². The molecule has 1 amide bonds. The molecule has 4 rings (SSSR count). The Kier molecular flexibility index (Phi) is 6.80. The molecule has 0 unspecified atom stereocenters. The van der Waals surface area contributed by atoms with E-state index in [1.54, 1.807) is 11.3 Å². The number of carbonyl (C=O) groups excluding carboxylic acids is 1. The van der Waals surface area contributed by atoms with Crippen LogP contribution in [0.25, 0.3) is 0 Å². The monoisotopic (exact) mass is 439 g/mol. The Balaban J connectivity index is 1.24. The van der Waals surface area contributed by atoms with Gasteiger partial charge in [0.25, 0.3) is 0 Å². The minimum absolute atomic E-state index is 0.0219. The summed E-state index contributed by atoms with van der Waals surface area (Å²) in [7, 11) is 0. The first kappa shape index (κ1) is 21.7. The standard InChI is InChI=1S/C23H29N5O2S/c1-16-4-5-17(2)21(10-16)25-22(29)12-23-24-20(15-31-23)14-28-8-6-27(7-9-28)13-19-11-18(3)30-26-19/h4-5,10-11,15H,6-9,12-14H2,1-3H3,(H,25,29). The Hall–Kier alpha value is -2.55. The third kappa shape index (κ3) is 6.00. The molecular weight excluding hydrogens is 410 g/mol. The highest BCUT2D eigenvalue weighted by Crippen LogP contribution is 2.18. The van der Waals surface area contributed by atoms with Crippen LogP contribution in [0.5, 0.6) is 0 Å². The quantitative estimate of drug-likeness (QED) is 0.607. The van der Waals surface area contributed by atoms with E-state index in [0.29, 0.717) is 6.42 Å². The first-order chi connectivity index (χ1) is 14.9. The third-order valence-corrected chi connectivity index (χ3v) is 6.39. The average Bonchev–Trinajstić information content (AvgIpc) is 3.34. The van der Waals surface area contributed by atoms with Crippen molar-refractivity contribution < 1.29 is 9.32 Å². The molecule has 164 valence electrons. The summed E-state index contributed by atoms with van der Waals surface area (Å²) in [5.41, 5.74) is 5.11. The van der Waals surface area contributed by atoms with Gasteiger partial charge < -0.3 is 9.84 Å². The molecule has 31 heavy (non-hydrogen) atoms. The second kappa shape index (κ2) is 9.72. The van der Waals surface area contributed by atoms with Crippen molar-refractivity contribution in [3.63, 3.8) is 0 Å². The largest absolute Gasteiger partial charge is 0.361 e. The summed E-state index contributed by atoms with van der Waals surface area (Å²) in [4.78, 5) is 22.0. The summed E-state index contributed by atoms with van der Waals surface area (Å²) in [5.74, 6) is 0.835. The van der Waals surface area contributed by atoms with Gasteiger partial charge in [-0.25, -0.2) is 4.98 Å². The van der Waals surface area contributed by atoms with Crippen molar-refractivity contribution in [1.29, 1.82) is 0 Å². The number of nitrogens with zero attached hydrogens (tertiary/aromatic N) is 4. The van der Waals surface area contributed by atoms with Crippen LogP contribution in [0.4, 0.5) is 5.69 Å². The molecule has 1 aromatic carbocycles. The molecule has 0 radical (unpaired) electrons. The number of aryl methyl sites for hydroxylation is 3. The van der Waals surface area contributed by atoms with E-state index in [2.05, 4.69) is 25.7 Å². The number of carbonyl (C=O) groups is 1. The third-order valence-electron chi connectivity index (χ3n) is 5.49. The van der Waals surface area contributed by atoms with Crippen molar-refractivity contribution in [2.45, 2.75) is 40.3 Å². The van der Waals surface area contributed by atoms with Gasteiger partial charge in [0.2, 0.25) is 5.91 Å². The zero-order chi connectivity index (χ0) is 21.8. The molecule has 2 aromatic heterocycles. The minimum atomic E-state index is -0.0219.